The van der Waals surface area contributed by atoms with Crippen LogP contribution in [0, 0.1) is 0 Å². The molecule has 0 bridgehead atoms. The molecule has 0 fully saturated rings. The summed E-state index contributed by atoms with van der Waals surface area (Å²) in [4.78, 5) is 10.7. The molecule has 2 aromatic carbocycles. The van der Waals surface area contributed by atoms with Gasteiger partial charge in [-0.05, 0) is 42.2 Å². The lowest BCUT2D eigenvalue weighted by Gasteiger charge is -2.16. The molecule has 4 heteroatoms. The van der Waals surface area contributed by atoms with Crippen molar-refractivity contribution >= 4 is 17.9 Å². The Morgan fingerprint density at radius 1 is 1.09 bits per heavy atom. The van der Waals surface area contributed by atoms with Crippen molar-refractivity contribution in [3.8, 4) is 11.5 Å². The first-order chi connectivity index (χ1) is 11.2. The molecule has 122 valence electrons. The minimum atomic E-state index is 0.384. The predicted octanol–water partition coefficient (Wildman–Crippen LogP) is 5.12. The van der Waals surface area contributed by atoms with E-state index < -0.39 is 0 Å². The van der Waals surface area contributed by atoms with E-state index in [-0.39, 0.29) is 0 Å². The van der Waals surface area contributed by atoms with E-state index >= 15 is 0 Å². The smallest absolute Gasteiger partial charge is 0.150 e. The van der Waals surface area contributed by atoms with Gasteiger partial charge in [0.25, 0.3) is 0 Å². The second-order valence-electron chi connectivity index (χ2n) is 5.35. The molecule has 1 atom stereocenters. The molecule has 0 N–H and O–H groups in total. The number of aldehydes is 1. The number of hydrogen-bond donors (Lipinski definition) is 0. The van der Waals surface area contributed by atoms with Gasteiger partial charge >= 0.3 is 0 Å². The van der Waals surface area contributed by atoms with Gasteiger partial charge < -0.3 is 9.47 Å². The molecule has 0 aliphatic heterocycles. The number of carbonyl (C=O) groups excluding carboxylic acids is 1. The van der Waals surface area contributed by atoms with E-state index in [0.717, 1.165) is 18.5 Å². The average Bonchev–Trinajstić information content (AvgIpc) is 2.59. The second-order valence-corrected chi connectivity index (χ2v) is 5.76. The number of carbonyl (C=O) groups is 1. The molecule has 0 aliphatic rings. The average molecular weight is 333 g/mol. The quantitative estimate of drug-likeness (QED) is 0.497. The fourth-order valence-electron chi connectivity index (χ4n) is 2.25. The molecule has 2 rings (SSSR count). The summed E-state index contributed by atoms with van der Waals surface area (Å²) in [6.07, 6.45) is 1.82. The maximum atomic E-state index is 10.7. The van der Waals surface area contributed by atoms with Crippen LogP contribution >= 0.6 is 11.6 Å². The Labute approximate surface area is 142 Å². The van der Waals surface area contributed by atoms with Crippen LogP contribution in [0.2, 0.25) is 5.02 Å². The summed E-state index contributed by atoms with van der Waals surface area (Å²) >= 11 is 6.06. The third kappa shape index (κ3) is 4.73. The zero-order valence-electron chi connectivity index (χ0n) is 13.4. The number of halogens is 1. The topological polar surface area (TPSA) is 35.5 Å². The fourth-order valence-corrected chi connectivity index (χ4v) is 2.49. The summed E-state index contributed by atoms with van der Waals surface area (Å²) in [5.74, 6) is 1.90. The molecule has 23 heavy (non-hydrogen) atoms. The Morgan fingerprint density at radius 3 is 2.43 bits per heavy atom. The van der Waals surface area contributed by atoms with Crippen molar-refractivity contribution in [2.24, 2.45) is 0 Å². The van der Waals surface area contributed by atoms with Gasteiger partial charge in [-0.2, -0.15) is 0 Å². The van der Waals surface area contributed by atoms with E-state index in [1.165, 1.54) is 5.56 Å². The molecule has 0 saturated carbocycles. The predicted molar refractivity (Wildman–Crippen MR) is 93.0 cm³/mol. The van der Waals surface area contributed by atoms with Crippen molar-refractivity contribution in [2.75, 3.05) is 13.2 Å². The van der Waals surface area contributed by atoms with Crippen LogP contribution in [-0.2, 0) is 0 Å². The molecule has 0 aliphatic carbocycles. The molecule has 0 amide bonds. The summed E-state index contributed by atoms with van der Waals surface area (Å²) < 4.78 is 11.5. The molecule has 0 saturated heterocycles. The second kappa shape index (κ2) is 8.59. The van der Waals surface area contributed by atoms with Crippen LogP contribution in [0.4, 0.5) is 0 Å². The standard InChI is InChI=1S/C19H21ClO3/c1-3-14(2)16-6-4-5-7-18(16)22-10-11-23-19-9-8-15(13-21)12-17(19)20/h4-9,12-14H,3,10-11H2,1-2H3/t14-/m1/s1. The fraction of sp³-hybridized carbons (Fsp3) is 0.316. The molecule has 0 aromatic heterocycles. The zero-order chi connectivity index (χ0) is 16.7. The maximum absolute atomic E-state index is 10.7. The normalized spacial score (nSPS) is 11.8. The largest absolute Gasteiger partial charge is 0.490 e. The first-order valence-corrected chi connectivity index (χ1v) is 8.12. The van der Waals surface area contributed by atoms with Gasteiger partial charge in [-0.25, -0.2) is 0 Å². The van der Waals surface area contributed by atoms with Crippen LogP contribution in [0.5, 0.6) is 11.5 Å². The Bertz CT molecular complexity index is 655. The third-order valence-corrected chi connectivity index (χ3v) is 4.05. The van der Waals surface area contributed by atoms with Crippen molar-refractivity contribution < 1.29 is 14.3 Å². The number of rotatable bonds is 8. The van der Waals surface area contributed by atoms with Crippen LogP contribution in [-0.4, -0.2) is 19.5 Å². The highest BCUT2D eigenvalue weighted by atomic mass is 35.5. The minimum absolute atomic E-state index is 0.384. The summed E-state index contributed by atoms with van der Waals surface area (Å²) in [7, 11) is 0. The number of ether oxygens (including phenoxy) is 2. The molecule has 0 spiro atoms. The summed E-state index contributed by atoms with van der Waals surface area (Å²) in [6.45, 7) is 5.16. The van der Waals surface area contributed by atoms with E-state index in [4.69, 9.17) is 21.1 Å². The highest BCUT2D eigenvalue weighted by Crippen LogP contribution is 2.28. The number of para-hydroxylation sites is 1. The summed E-state index contributed by atoms with van der Waals surface area (Å²) in [5.41, 5.74) is 1.74. The Balaban J connectivity index is 1.90. The number of benzene rings is 2. The molecule has 2 aromatic rings. The van der Waals surface area contributed by atoms with Crippen molar-refractivity contribution in [2.45, 2.75) is 26.2 Å². The van der Waals surface area contributed by atoms with Crippen LogP contribution in [0.1, 0.15) is 42.1 Å². The zero-order valence-corrected chi connectivity index (χ0v) is 14.2. The van der Waals surface area contributed by atoms with Gasteiger partial charge in [0.05, 0.1) is 5.02 Å². The van der Waals surface area contributed by atoms with E-state index in [1.807, 2.05) is 18.2 Å². The van der Waals surface area contributed by atoms with Crippen LogP contribution in [0.25, 0.3) is 0 Å². The highest BCUT2D eigenvalue weighted by molar-refractivity contribution is 6.32. The lowest BCUT2D eigenvalue weighted by Crippen LogP contribution is -2.10. The molecule has 3 nitrogen and oxygen atoms in total. The lowest BCUT2D eigenvalue weighted by molar-refractivity contribution is 0.112. The maximum Gasteiger partial charge on any atom is 0.150 e. The van der Waals surface area contributed by atoms with Crippen molar-refractivity contribution in [3.63, 3.8) is 0 Å². The van der Waals surface area contributed by atoms with E-state index in [1.54, 1.807) is 18.2 Å². The lowest BCUT2D eigenvalue weighted by atomic mass is 9.98. The molecule has 0 heterocycles. The van der Waals surface area contributed by atoms with Crippen LogP contribution < -0.4 is 9.47 Å². The molecular formula is C19H21ClO3. The SMILES string of the molecule is CC[C@@H](C)c1ccccc1OCCOc1ccc(C=O)cc1Cl. The molecule has 0 unspecified atom stereocenters. The van der Waals surface area contributed by atoms with Gasteiger partial charge in [-0.15, -0.1) is 0 Å². The van der Waals surface area contributed by atoms with Gasteiger partial charge in [-0.1, -0.05) is 43.6 Å². The Kier molecular flexibility index (Phi) is 6.48. The van der Waals surface area contributed by atoms with Gasteiger partial charge in [0.2, 0.25) is 0 Å². The first-order valence-electron chi connectivity index (χ1n) is 7.75. The Hall–Kier alpha value is -2.00. The van der Waals surface area contributed by atoms with Gasteiger partial charge in [0, 0.05) is 5.56 Å². The Morgan fingerprint density at radius 2 is 1.78 bits per heavy atom. The van der Waals surface area contributed by atoms with Crippen molar-refractivity contribution in [1.82, 2.24) is 0 Å². The van der Waals surface area contributed by atoms with Crippen LogP contribution in [0.15, 0.2) is 42.5 Å². The summed E-state index contributed by atoms with van der Waals surface area (Å²) in [6, 6.07) is 13.0. The van der Waals surface area contributed by atoms with Gasteiger partial charge in [0.1, 0.15) is 31.0 Å². The first kappa shape index (κ1) is 17.4. The van der Waals surface area contributed by atoms with E-state index in [9.17, 15) is 4.79 Å². The van der Waals surface area contributed by atoms with Gasteiger partial charge in [-0.3, -0.25) is 4.79 Å². The van der Waals surface area contributed by atoms with Crippen LogP contribution in [0.3, 0.4) is 0 Å². The van der Waals surface area contributed by atoms with Crippen molar-refractivity contribution in [3.05, 3.63) is 58.6 Å². The van der Waals surface area contributed by atoms with Gasteiger partial charge in [0.15, 0.2) is 0 Å². The summed E-state index contributed by atoms with van der Waals surface area (Å²) in [5, 5.41) is 0.426. The molecule has 0 radical (unpaired) electrons. The minimum Gasteiger partial charge on any atom is -0.490 e. The highest BCUT2D eigenvalue weighted by Gasteiger charge is 2.09. The molecular weight excluding hydrogens is 312 g/mol. The monoisotopic (exact) mass is 332 g/mol. The van der Waals surface area contributed by atoms with E-state index in [0.29, 0.717) is 35.5 Å². The van der Waals surface area contributed by atoms with E-state index in [2.05, 4.69) is 19.9 Å². The van der Waals surface area contributed by atoms with Crippen molar-refractivity contribution in [1.29, 1.82) is 0 Å². The number of hydrogen-bond acceptors (Lipinski definition) is 3. The third-order valence-electron chi connectivity index (χ3n) is 3.75.